The van der Waals surface area contributed by atoms with Crippen LogP contribution >= 0.6 is 0 Å². The Morgan fingerprint density at radius 2 is 1.66 bits per heavy atom. The van der Waals surface area contributed by atoms with Crippen molar-refractivity contribution < 1.29 is 22.7 Å². The molecular formula is C26H37N3O5S. The van der Waals surface area contributed by atoms with Gasteiger partial charge in [-0.1, -0.05) is 37.3 Å². The Bertz CT molecular complexity index is 1040. The Balaban J connectivity index is 2.13. The number of nitrogens with one attached hydrogen (secondary N) is 1. The lowest BCUT2D eigenvalue weighted by Gasteiger charge is -2.31. The molecule has 1 N–H and O–H groups in total. The van der Waals surface area contributed by atoms with E-state index in [0.29, 0.717) is 43.8 Å². The second kappa shape index (κ2) is 13.7. The molecule has 0 saturated carbocycles. The first-order valence-corrected chi connectivity index (χ1v) is 13.8. The van der Waals surface area contributed by atoms with Crippen LogP contribution in [0.4, 0.5) is 5.69 Å². The molecule has 2 rings (SSSR count). The SMILES string of the molecule is CCNC(=O)C(CC)N(CCc1ccccc1)C(=O)CCCN(c1ccc(OC)cc1)S(C)(=O)=O. The predicted molar refractivity (Wildman–Crippen MR) is 139 cm³/mol. The maximum absolute atomic E-state index is 13.3. The first-order chi connectivity index (χ1) is 16.7. The van der Waals surface area contributed by atoms with Gasteiger partial charge in [-0.3, -0.25) is 13.9 Å². The van der Waals surface area contributed by atoms with Crippen LogP contribution in [0.2, 0.25) is 0 Å². The monoisotopic (exact) mass is 503 g/mol. The second-order valence-electron chi connectivity index (χ2n) is 8.28. The van der Waals surface area contributed by atoms with Gasteiger partial charge in [0.25, 0.3) is 0 Å². The average Bonchev–Trinajstić information content (AvgIpc) is 2.84. The van der Waals surface area contributed by atoms with Crippen LogP contribution in [0, 0.1) is 0 Å². The van der Waals surface area contributed by atoms with Crippen LogP contribution in [0.15, 0.2) is 54.6 Å². The molecule has 0 spiro atoms. The molecule has 1 atom stereocenters. The van der Waals surface area contributed by atoms with E-state index in [1.165, 1.54) is 4.31 Å². The van der Waals surface area contributed by atoms with Crippen molar-refractivity contribution in [2.24, 2.45) is 0 Å². The molecule has 2 amide bonds. The van der Waals surface area contributed by atoms with Gasteiger partial charge in [-0.25, -0.2) is 8.42 Å². The number of amides is 2. The minimum Gasteiger partial charge on any atom is -0.497 e. The molecule has 35 heavy (non-hydrogen) atoms. The van der Waals surface area contributed by atoms with Gasteiger partial charge in [-0.05, 0) is 56.0 Å². The molecule has 2 aromatic rings. The van der Waals surface area contributed by atoms with Crippen molar-refractivity contribution in [1.29, 1.82) is 0 Å². The van der Waals surface area contributed by atoms with Gasteiger partial charge in [-0.15, -0.1) is 0 Å². The van der Waals surface area contributed by atoms with Gasteiger partial charge in [0.15, 0.2) is 0 Å². The van der Waals surface area contributed by atoms with Gasteiger partial charge in [0.1, 0.15) is 11.8 Å². The van der Waals surface area contributed by atoms with Crippen LogP contribution < -0.4 is 14.4 Å². The summed E-state index contributed by atoms with van der Waals surface area (Å²) >= 11 is 0. The van der Waals surface area contributed by atoms with E-state index in [1.807, 2.05) is 44.2 Å². The Hall–Kier alpha value is -3.07. The minimum absolute atomic E-state index is 0.132. The molecule has 0 aliphatic heterocycles. The molecule has 0 radical (unpaired) electrons. The van der Waals surface area contributed by atoms with E-state index in [2.05, 4.69) is 5.32 Å². The zero-order valence-corrected chi connectivity index (χ0v) is 21.9. The lowest BCUT2D eigenvalue weighted by Crippen LogP contribution is -2.50. The van der Waals surface area contributed by atoms with Crippen LogP contribution in [-0.2, 0) is 26.0 Å². The summed E-state index contributed by atoms with van der Waals surface area (Å²) < 4.78 is 31.3. The number of benzene rings is 2. The highest BCUT2D eigenvalue weighted by Gasteiger charge is 2.28. The summed E-state index contributed by atoms with van der Waals surface area (Å²) in [6.45, 7) is 4.78. The average molecular weight is 504 g/mol. The molecule has 0 heterocycles. The van der Waals surface area contributed by atoms with E-state index in [9.17, 15) is 18.0 Å². The fraction of sp³-hybridized carbons (Fsp3) is 0.462. The molecule has 0 bridgehead atoms. The summed E-state index contributed by atoms with van der Waals surface area (Å²) in [5.41, 5.74) is 1.59. The van der Waals surface area contributed by atoms with E-state index in [1.54, 1.807) is 36.3 Å². The Morgan fingerprint density at radius 3 is 2.20 bits per heavy atom. The summed E-state index contributed by atoms with van der Waals surface area (Å²) in [5.74, 6) is 0.289. The van der Waals surface area contributed by atoms with Crippen molar-refractivity contribution in [2.45, 2.75) is 45.6 Å². The number of ether oxygens (including phenoxy) is 1. The summed E-state index contributed by atoms with van der Waals surface area (Å²) in [4.78, 5) is 27.6. The van der Waals surface area contributed by atoms with Gasteiger partial charge < -0.3 is 15.0 Å². The summed E-state index contributed by atoms with van der Waals surface area (Å²) in [6, 6.07) is 16.0. The van der Waals surface area contributed by atoms with Crippen LogP contribution in [0.5, 0.6) is 5.75 Å². The quantitative estimate of drug-likeness (QED) is 0.427. The van der Waals surface area contributed by atoms with Gasteiger partial charge in [-0.2, -0.15) is 0 Å². The fourth-order valence-corrected chi connectivity index (χ4v) is 4.91. The Kier molecular flexibility index (Phi) is 11.0. The molecule has 0 saturated heterocycles. The van der Waals surface area contributed by atoms with Crippen molar-refractivity contribution >= 4 is 27.5 Å². The molecule has 8 nitrogen and oxygen atoms in total. The molecule has 1 unspecified atom stereocenters. The molecule has 0 aliphatic rings. The third kappa shape index (κ3) is 8.58. The third-order valence-corrected chi connectivity index (χ3v) is 6.93. The molecule has 192 valence electrons. The van der Waals surface area contributed by atoms with Gasteiger partial charge in [0, 0.05) is 26.1 Å². The van der Waals surface area contributed by atoms with E-state index in [-0.39, 0.29) is 24.8 Å². The van der Waals surface area contributed by atoms with Crippen molar-refractivity contribution in [3.05, 3.63) is 60.2 Å². The van der Waals surface area contributed by atoms with Crippen molar-refractivity contribution in [2.75, 3.05) is 37.3 Å². The normalized spacial score (nSPS) is 12.0. The van der Waals surface area contributed by atoms with Crippen LogP contribution in [0.3, 0.4) is 0 Å². The largest absolute Gasteiger partial charge is 0.497 e. The zero-order valence-electron chi connectivity index (χ0n) is 21.1. The topological polar surface area (TPSA) is 96.0 Å². The maximum atomic E-state index is 13.3. The number of likely N-dealkylation sites (N-methyl/N-ethyl adjacent to an activating group) is 1. The van der Waals surface area contributed by atoms with Crippen LogP contribution in [0.1, 0.15) is 38.7 Å². The Morgan fingerprint density at radius 1 is 1.00 bits per heavy atom. The van der Waals surface area contributed by atoms with E-state index >= 15 is 0 Å². The standard InChI is InChI=1S/C26H37N3O5S/c1-5-24(26(31)27-6-2)28(20-18-21-11-8-7-9-12-21)25(30)13-10-19-29(35(4,32)33)22-14-16-23(34-3)17-15-22/h7-9,11-12,14-17,24H,5-6,10,13,18-20H2,1-4H3,(H,27,31). The number of methoxy groups -OCH3 is 1. The number of rotatable bonds is 14. The number of carbonyl (C=O) groups excluding carboxylic acids is 2. The van der Waals surface area contributed by atoms with E-state index in [0.717, 1.165) is 11.8 Å². The Labute approximate surface area is 209 Å². The first kappa shape index (κ1) is 28.2. The zero-order chi connectivity index (χ0) is 25.8. The van der Waals surface area contributed by atoms with E-state index in [4.69, 9.17) is 4.74 Å². The van der Waals surface area contributed by atoms with Gasteiger partial charge in [0.2, 0.25) is 21.8 Å². The van der Waals surface area contributed by atoms with Crippen molar-refractivity contribution in [3.8, 4) is 5.75 Å². The van der Waals surface area contributed by atoms with Crippen LogP contribution in [-0.4, -0.2) is 64.2 Å². The van der Waals surface area contributed by atoms with Gasteiger partial charge in [0.05, 0.1) is 19.1 Å². The molecule has 2 aromatic carbocycles. The lowest BCUT2D eigenvalue weighted by molar-refractivity contribution is -0.140. The summed E-state index contributed by atoms with van der Waals surface area (Å²) in [5, 5.41) is 2.82. The highest BCUT2D eigenvalue weighted by Crippen LogP contribution is 2.22. The molecule has 9 heteroatoms. The van der Waals surface area contributed by atoms with Crippen LogP contribution in [0.25, 0.3) is 0 Å². The number of anilines is 1. The second-order valence-corrected chi connectivity index (χ2v) is 10.2. The van der Waals surface area contributed by atoms with Gasteiger partial charge >= 0.3 is 0 Å². The lowest BCUT2D eigenvalue weighted by atomic mass is 10.1. The minimum atomic E-state index is -3.54. The predicted octanol–water partition coefficient (Wildman–Crippen LogP) is 3.23. The number of carbonyl (C=O) groups is 2. The highest BCUT2D eigenvalue weighted by atomic mass is 32.2. The molecular weight excluding hydrogens is 466 g/mol. The van der Waals surface area contributed by atoms with Crippen molar-refractivity contribution in [1.82, 2.24) is 10.2 Å². The highest BCUT2D eigenvalue weighted by molar-refractivity contribution is 7.92. The molecule has 0 aliphatic carbocycles. The number of hydrogen-bond donors (Lipinski definition) is 1. The first-order valence-electron chi connectivity index (χ1n) is 11.9. The fourth-order valence-electron chi connectivity index (χ4n) is 3.94. The maximum Gasteiger partial charge on any atom is 0.242 e. The smallest absolute Gasteiger partial charge is 0.242 e. The third-order valence-electron chi connectivity index (χ3n) is 5.73. The summed E-state index contributed by atoms with van der Waals surface area (Å²) in [6.07, 6.45) is 2.73. The summed E-state index contributed by atoms with van der Waals surface area (Å²) in [7, 11) is -2.00. The molecule has 0 aromatic heterocycles. The number of nitrogens with zero attached hydrogens (tertiary/aromatic N) is 2. The number of sulfonamides is 1. The molecule has 0 fully saturated rings. The van der Waals surface area contributed by atoms with E-state index < -0.39 is 16.1 Å². The number of hydrogen-bond acceptors (Lipinski definition) is 5. The van der Waals surface area contributed by atoms with Crippen molar-refractivity contribution in [3.63, 3.8) is 0 Å².